The fraction of sp³-hybridized carbons (Fsp3) is 0.864. The van der Waals surface area contributed by atoms with E-state index >= 15 is 0 Å². The average molecular weight is 390 g/mol. The summed E-state index contributed by atoms with van der Waals surface area (Å²) < 4.78 is 0. The molecule has 156 valence electrons. The number of likely N-dealkylation sites (tertiary alicyclic amines) is 1. The highest BCUT2D eigenvalue weighted by Gasteiger charge is 2.54. The molecule has 1 atom stereocenters. The Morgan fingerprint density at radius 2 is 1.64 bits per heavy atom. The van der Waals surface area contributed by atoms with Crippen molar-refractivity contribution in [2.75, 3.05) is 33.7 Å². The Labute approximate surface area is 168 Å². The second kappa shape index (κ2) is 7.68. The summed E-state index contributed by atoms with van der Waals surface area (Å²) in [5.74, 6) is 2.51. The molecule has 4 bridgehead atoms. The summed E-state index contributed by atoms with van der Waals surface area (Å²) in [6.07, 6.45) is 9.20. The number of amides is 3. The molecular weight excluding hydrogens is 354 g/mol. The second-order valence-corrected chi connectivity index (χ2v) is 10.1. The standard InChI is InChI=1S/C22H35N3O3/c1-24(2)20(27)18-4-3-7-25(14-18)19(26)5-6-23-21(28)22-11-15-8-16(12-22)10-17(9-15)13-22/h15-18H,3-14H2,1-2H3,(H,23,28)/t15?,16?,17?,18-,22?/m1/s1. The Kier molecular flexibility index (Phi) is 5.41. The van der Waals surface area contributed by atoms with Crippen molar-refractivity contribution < 1.29 is 14.4 Å². The van der Waals surface area contributed by atoms with Gasteiger partial charge in [-0.25, -0.2) is 0 Å². The highest BCUT2D eigenvalue weighted by Crippen LogP contribution is 2.60. The molecule has 0 spiro atoms. The van der Waals surface area contributed by atoms with Gasteiger partial charge in [0, 0.05) is 45.6 Å². The van der Waals surface area contributed by atoms with Crippen LogP contribution in [0.25, 0.3) is 0 Å². The number of carbonyl (C=O) groups is 3. The van der Waals surface area contributed by atoms with E-state index in [0.29, 0.717) is 19.5 Å². The van der Waals surface area contributed by atoms with Gasteiger partial charge in [-0.2, -0.15) is 0 Å². The molecule has 4 saturated carbocycles. The van der Waals surface area contributed by atoms with Crippen LogP contribution in [0.4, 0.5) is 0 Å². The number of nitrogens with one attached hydrogen (secondary N) is 1. The molecule has 0 aromatic rings. The first-order valence-electron chi connectivity index (χ1n) is 11.1. The molecule has 1 saturated heterocycles. The number of rotatable bonds is 5. The van der Waals surface area contributed by atoms with Crippen molar-refractivity contribution in [1.29, 1.82) is 0 Å². The fourth-order valence-electron chi connectivity index (χ4n) is 6.79. The molecule has 1 N–H and O–H groups in total. The lowest BCUT2D eigenvalue weighted by molar-refractivity contribution is -0.146. The lowest BCUT2D eigenvalue weighted by atomic mass is 9.49. The highest BCUT2D eigenvalue weighted by atomic mass is 16.2. The first-order chi connectivity index (χ1) is 13.4. The van der Waals surface area contributed by atoms with Gasteiger partial charge in [0.1, 0.15) is 0 Å². The summed E-state index contributed by atoms with van der Waals surface area (Å²) in [7, 11) is 3.53. The normalized spacial score (nSPS) is 36.3. The van der Waals surface area contributed by atoms with Gasteiger partial charge in [-0.15, -0.1) is 0 Å². The van der Waals surface area contributed by atoms with E-state index in [1.165, 1.54) is 19.3 Å². The first-order valence-corrected chi connectivity index (χ1v) is 11.1. The van der Waals surface area contributed by atoms with E-state index in [9.17, 15) is 14.4 Å². The molecular formula is C22H35N3O3. The maximum Gasteiger partial charge on any atom is 0.226 e. The molecule has 6 heteroatoms. The Morgan fingerprint density at radius 1 is 1.04 bits per heavy atom. The molecule has 6 nitrogen and oxygen atoms in total. The van der Waals surface area contributed by atoms with Crippen molar-refractivity contribution in [3.05, 3.63) is 0 Å². The van der Waals surface area contributed by atoms with Gasteiger partial charge in [0.25, 0.3) is 0 Å². The number of carbonyl (C=O) groups excluding carboxylic acids is 3. The molecule has 0 aromatic carbocycles. The maximum absolute atomic E-state index is 13.0. The molecule has 1 heterocycles. The monoisotopic (exact) mass is 389 g/mol. The Balaban J connectivity index is 1.25. The van der Waals surface area contributed by atoms with Gasteiger partial charge in [0.05, 0.1) is 5.92 Å². The van der Waals surface area contributed by atoms with Gasteiger partial charge in [-0.1, -0.05) is 0 Å². The van der Waals surface area contributed by atoms with Crippen LogP contribution >= 0.6 is 0 Å². The Morgan fingerprint density at radius 3 is 2.21 bits per heavy atom. The van der Waals surface area contributed by atoms with Crippen molar-refractivity contribution >= 4 is 17.7 Å². The predicted octanol–water partition coefficient (Wildman–Crippen LogP) is 2.04. The molecule has 1 aliphatic heterocycles. The Hall–Kier alpha value is -1.59. The SMILES string of the molecule is CN(C)C(=O)[C@@H]1CCCN(C(=O)CCNC(=O)C23CC4CC(CC(C4)C2)C3)C1. The van der Waals surface area contributed by atoms with Crippen LogP contribution < -0.4 is 5.32 Å². The van der Waals surface area contributed by atoms with Crippen molar-refractivity contribution in [3.63, 3.8) is 0 Å². The zero-order chi connectivity index (χ0) is 19.9. The zero-order valence-corrected chi connectivity index (χ0v) is 17.4. The van der Waals surface area contributed by atoms with Crippen LogP contribution in [0.2, 0.25) is 0 Å². The van der Waals surface area contributed by atoms with Gasteiger partial charge >= 0.3 is 0 Å². The summed E-state index contributed by atoms with van der Waals surface area (Å²) in [5, 5.41) is 3.10. The zero-order valence-electron chi connectivity index (χ0n) is 17.4. The quantitative estimate of drug-likeness (QED) is 0.782. The summed E-state index contributed by atoms with van der Waals surface area (Å²) in [6, 6.07) is 0. The van der Waals surface area contributed by atoms with E-state index < -0.39 is 0 Å². The van der Waals surface area contributed by atoms with Crippen molar-refractivity contribution in [3.8, 4) is 0 Å². The number of nitrogens with zero attached hydrogens (tertiary/aromatic N) is 2. The molecule has 5 aliphatic rings. The topological polar surface area (TPSA) is 69.7 Å². The van der Waals surface area contributed by atoms with Crippen LogP contribution in [0.5, 0.6) is 0 Å². The van der Waals surface area contributed by atoms with Gasteiger partial charge in [-0.05, 0) is 69.1 Å². The van der Waals surface area contributed by atoms with Gasteiger partial charge in [-0.3, -0.25) is 14.4 Å². The third-order valence-corrected chi connectivity index (χ3v) is 7.71. The summed E-state index contributed by atoms with van der Waals surface area (Å²) in [4.78, 5) is 41.2. The highest BCUT2D eigenvalue weighted by molar-refractivity contribution is 5.84. The lowest BCUT2D eigenvalue weighted by Gasteiger charge is -2.55. The third-order valence-electron chi connectivity index (χ3n) is 7.71. The minimum absolute atomic E-state index is 0.0575. The number of hydrogen-bond donors (Lipinski definition) is 1. The van der Waals surface area contributed by atoms with E-state index in [2.05, 4.69) is 5.32 Å². The number of piperidine rings is 1. The summed E-state index contributed by atoms with van der Waals surface area (Å²) in [5.41, 5.74) is -0.147. The molecule has 4 aliphatic carbocycles. The molecule has 0 aromatic heterocycles. The lowest BCUT2D eigenvalue weighted by Crippen LogP contribution is -2.54. The van der Waals surface area contributed by atoms with E-state index in [1.54, 1.807) is 19.0 Å². The van der Waals surface area contributed by atoms with Gasteiger partial charge < -0.3 is 15.1 Å². The van der Waals surface area contributed by atoms with Crippen molar-refractivity contribution in [1.82, 2.24) is 15.1 Å². The minimum atomic E-state index is -0.147. The van der Waals surface area contributed by atoms with Crippen LogP contribution in [0.1, 0.15) is 57.8 Å². The van der Waals surface area contributed by atoms with E-state index in [4.69, 9.17) is 0 Å². The van der Waals surface area contributed by atoms with Gasteiger partial charge in [0.2, 0.25) is 17.7 Å². The fourth-order valence-corrected chi connectivity index (χ4v) is 6.79. The van der Waals surface area contributed by atoms with Crippen LogP contribution in [-0.4, -0.2) is 61.3 Å². The Bertz CT molecular complexity index is 610. The molecule has 28 heavy (non-hydrogen) atoms. The van der Waals surface area contributed by atoms with E-state index in [0.717, 1.165) is 56.4 Å². The van der Waals surface area contributed by atoms with Crippen molar-refractivity contribution in [2.24, 2.45) is 29.1 Å². The smallest absolute Gasteiger partial charge is 0.226 e. The first kappa shape index (κ1) is 19.7. The molecule has 0 unspecified atom stereocenters. The van der Waals surface area contributed by atoms with E-state index in [-0.39, 0.29) is 29.1 Å². The predicted molar refractivity (Wildman–Crippen MR) is 106 cm³/mol. The molecule has 5 rings (SSSR count). The minimum Gasteiger partial charge on any atom is -0.355 e. The second-order valence-electron chi connectivity index (χ2n) is 10.1. The third kappa shape index (κ3) is 3.79. The van der Waals surface area contributed by atoms with Crippen LogP contribution in [0.3, 0.4) is 0 Å². The molecule has 5 fully saturated rings. The van der Waals surface area contributed by atoms with Crippen LogP contribution in [0.15, 0.2) is 0 Å². The molecule has 0 radical (unpaired) electrons. The number of hydrogen-bond acceptors (Lipinski definition) is 3. The largest absolute Gasteiger partial charge is 0.355 e. The summed E-state index contributed by atoms with van der Waals surface area (Å²) >= 11 is 0. The van der Waals surface area contributed by atoms with E-state index in [1.807, 2.05) is 4.90 Å². The van der Waals surface area contributed by atoms with Crippen molar-refractivity contribution in [2.45, 2.75) is 57.8 Å². The van der Waals surface area contributed by atoms with Crippen LogP contribution in [0, 0.1) is 29.1 Å². The van der Waals surface area contributed by atoms with Crippen LogP contribution in [-0.2, 0) is 14.4 Å². The van der Waals surface area contributed by atoms with Gasteiger partial charge in [0.15, 0.2) is 0 Å². The summed E-state index contributed by atoms with van der Waals surface area (Å²) in [6.45, 7) is 1.65. The average Bonchev–Trinajstić information content (AvgIpc) is 2.66. The molecule has 3 amide bonds. The maximum atomic E-state index is 13.0.